The molecular weight excluding hydrogens is 278 g/mol. The minimum Gasteiger partial charge on any atom is -0.477 e. The molecule has 0 aromatic carbocycles. The van der Waals surface area contributed by atoms with E-state index in [0.29, 0.717) is 18.4 Å². The number of carboxylic acid groups (broad SMARTS) is 1. The molecule has 1 aromatic rings. The lowest BCUT2D eigenvalue weighted by molar-refractivity contribution is -0.126. The smallest absolute Gasteiger partial charge is 0.348 e. The summed E-state index contributed by atoms with van der Waals surface area (Å²) in [4.78, 5) is 37.3. The van der Waals surface area contributed by atoms with Crippen LogP contribution in [0.4, 0.5) is 5.69 Å². The van der Waals surface area contributed by atoms with Gasteiger partial charge in [-0.1, -0.05) is 13.8 Å². The average Bonchev–Trinajstić information content (AvgIpc) is 2.89. The lowest BCUT2D eigenvalue weighted by Crippen LogP contribution is -2.36. The summed E-state index contributed by atoms with van der Waals surface area (Å²) in [6.45, 7) is 5.49. The summed E-state index contributed by atoms with van der Waals surface area (Å²) in [5.74, 6) is -1.68. The summed E-state index contributed by atoms with van der Waals surface area (Å²) in [6.07, 6.45) is 1.32. The maximum absolute atomic E-state index is 12.6. The van der Waals surface area contributed by atoms with Gasteiger partial charge in [-0.15, -0.1) is 11.3 Å². The molecule has 0 atom stereocenters. The molecular formula is C14H17NO4S. The van der Waals surface area contributed by atoms with Crippen molar-refractivity contribution in [1.29, 1.82) is 0 Å². The lowest BCUT2D eigenvalue weighted by atomic mass is 9.81. The molecule has 0 radical (unpaired) electrons. The van der Waals surface area contributed by atoms with Gasteiger partial charge in [-0.05, 0) is 30.7 Å². The van der Waals surface area contributed by atoms with Gasteiger partial charge in [0.15, 0.2) is 0 Å². The van der Waals surface area contributed by atoms with Crippen LogP contribution >= 0.6 is 11.3 Å². The van der Waals surface area contributed by atoms with Crippen molar-refractivity contribution < 1.29 is 19.5 Å². The number of carboxylic acids is 1. The SMILES string of the molecule is CCC1(CC)CC(=O)N(c2c(C)csc2C(=O)O)C1=O. The Morgan fingerprint density at radius 2 is 2.00 bits per heavy atom. The highest BCUT2D eigenvalue weighted by Crippen LogP contribution is 2.44. The number of rotatable bonds is 4. The molecule has 2 rings (SSSR count). The second-order valence-corrected chi connectivity index (χ2v) is 5.98. The minimum absolute atomic E-state index is 0.0483. The van der Waals surface area contributed by atoms with Crippen molar-refractivity contribution in [3.8, 4) is 0 Å². The van der Waals surface area contributed by atoms with Crippen LogP contribution in [0.3, 0.4) is 0 Å². The summed E-state index contributed by atoms with van der Waals surface area (Å²) in [7, 11) is 0. The number of carbonyl (C=O) groups excluding carboxylic acids is 2. The minimum atomic E-state index is -1.11. The lowest BCUT2D eigenvalue weighted by Gasteiger charge is -2.23. The van der Waals surface area contributed by atoms with E-state index >= 15 is 0 Å². The van der Waals surface area contributed by atoms with Gasteiger partial charge in [-0.2, -0.15) is 0 Å². The molecule has 0 unspecified atom stereocenters. The third kappa shape index (κ3) is 1.95. The number of carbonyl (C=O) groups is 3. The summed E-state index contributed by atoms with van der Waals surface area (Å²) < 4.78 is 0. The number of thiophene rings is 1. The maximum atomic E-state index is 12.6. The summed E-state index contributed by atoms with van der Waals surface area (Å²) in [5, 5.41) is 10.9. The fraction of sp³-hybridized carbons (Fsp3) is 0.500. The summed E-state index contributed by atoms with van der Waals surface area (Å²) >= 11 is 1.04. The highest BCUT2D eigenvalue weighted by Gasteiger charge is 2.50. The Labute approximate surface area is 121 Å². The van der Waals surface area contributed by atoms with Crippen LogP contribution < -0.4 is 4.90 Å². The molecule has 1 aliphatic heterocycles. The molecule has 0 spiro atoms. The molecule has 5 nitrogen and oxygen atoms in total. The molecule has 108 valence electrons. The fourth-order valence-electron chi connectivity index (χ4n) is 2.69. The van der Waals surface area contributed by atoms with Crippen molar-refractivity contribution in [2.45, 2.75) is 40.0 Å². The topological polar surface area (TPSA) is 74.7 Å². The molecule has 0 saturated carbocycles. The monoisotopic (exact) mass is 295 g/mol. The Kier molecular flexibility index (Phi) is 3.69. The first-order valence-electron chi connectivity index (χ1n) is 6.56. The van der Waals surface area contributed by atoms with Crippen LogP contribution in [0, 0.1) is 12.3 Å². The van der Waals surface area contributed by atoms with E-state index in [0.717, 1.165) is 16.2 Å². The Morgan fingerprint density at radius 1 is 1.40 bits per heavy atom. The molecule has 2 heterocycles. The number of aryl methyl sites for hydroxylation is 1. The van der Waals surface area contributed by atoms with E-state index in [-0.39, 0.29) is 28.8 Å². The van der Waals surface area contributed by atoms with Gasteiger partial charge in [0.05, 0.1) is 11.1 Å². The van der Waals surface area contributed by atoms with Crippen LogP contribution in [0.15, 0.2) is 5.38 Å². The Hall–Kier alpha value is -1.69. The number of amides is 2. The van der Waals surface area contributed by atoms with E-state index in [9.17, 15) is 19.5 Å². The van der Waals surface area contributed by atoms with Crippen LogP contribution in [0.1, 0.15) is 48.3 Å². The van der Waals surface area contributed by atoms with Gasteiger partial charge in [-0.25, -0.2) is 9.69 Å². The molecule has 1 N–H and O–H groups in total. The molecule has 1 fully saturated rings. The van der Waals surface area contributed by atoms with Crippen LogP contribution in [0.2, 0.25) is 0 Å². The van der Waals surface area contributed by atoms with Gasteiger partial charge >= 0.3 is 5.97 Å². The van der Waals surface area contributed by atoms with Crippen molar-refractivity contribution in [2.75, 3.05) is 4.90 Å². The molecule has 1 saturated heterocycles. The highest BCUT2D eigenvalue weighted by molar-refractivity contribution is 7.12. The van der Waals surface area contributed by atoms with Crippen molar-refractivity contribution in [2.24, 2.45) is 5.41 Å². The van der Waals surface area contributed by atoms with Crippen molar-refractivity contribution >= 4 is 34.8 Å². The van der Waals surface area contributed by atoms with Crippen molar-refractivity contribution in [3.63, 3.8) is 0 Å². The summed E-state index contributed by atoms with van der Waals surface area (Å²) in [5.41, 5.74) is 0.222. The normalized spacial score (nSPS) is 17.9. The molecule has 0 bridgehead atoms. The molecule has 2 amide bonds. The number of nitrogens with zero attached hydrogens (tertiary/aromatic N) is 1. The van der Waals surface area contributed by atoms with Crippen LogP contribution in [-0.2, 0) is 9.59 Å². The largest absolute Gasteiger partial charge is 0.477 e. The number of hydrogen-bond donors (Lipinski definition) is 1. The Morgan fingerprint density at radius 3 is 2.45 bits per heavy atom. The summed E-state index contributed by atoms with van der Waals surface area (Å²) in [6, 6.07) is 0. The molecule has 0 aliphatic carbocycles. The number of hydrogen-bond acceptors (Lipinski definition) is 4. The first-order valence-corrected chi connectivity index (χ1v) is 7.44. The van der Waals surface area contributed by atoms with Crippen molar-refractivity contribution in [3.05, 3.63) is 15.8 Å². The van der Waals surface area contributed by atoms with Crippen LogP contribution in [0.25, 0.3) is 0 Å². The predicted molar refractivity (Wildman–Crippen MR) is 76.1 cm³/mol. The number of imide groups is 1. The van der Waals surface area contributed by atoms with Crippen LogP contribution in [0.5, 0.6) is 0 Å². The second kappa shape index (κ2) is 5.01. The van der Waals surface area contributed by atoms with E-state index < -0.39 is 11.4 Å². The number of aromatic carboxylic acids is 1. The van der Waals surface area contributed by atoms with Gasteiger partial charge in [0.2, 0.25) is 11.8 Å². The van der Waals surface area contributed by atoms with E-state index in [1.165, 1.54) is 0 Å². The quantitative estimate of drug-likeness (QED) is 0.867. The third-order valence-corrected chi connectivity index (χ3v) is 5.18. The maximum Gasteiger partial charge on any atom is 0.348 e. The molecule has 20 heavy (non-hydrogen) atoms. The van der Waals surface area contributed by atoms with Gasteiger partial charge in [0.1, 0.15) is 4.88 Å². The van der Waals surface area contributed by atoms with Gasteiger partial charge in [-0.3, -0.25) is 9.59 Å². The van der Waals surface area contributed by atoms with Crippen molar-refractivity contribution in [1.82, 2.24) is 0 Å². The predicted octanol–water partition coefficient (Wildman–Crippen LogP) is 2.82. The zero-order valence-corrected chi connectivity index (χ0v) is 12.5. The van der Waals surface area contributed by atoms with Gasteiger partial charge in [0, 0.05) is 6.42 Å². The Bertz CT molecular complexity index is 586. The van der Waals surface area contributed by atoms with E-state index in [2.05, 4.69) is 0 Å². The first kappa shape index (κ1) is 14.7. The van der Waals surface area contributed by atoms with Gasteiger partial charge in [0.25, 0.3) is 0 Å². The number of anilines is 1. The molecule has 6 heteroatoms. The highest BCUT2D eigenvalue weighted by atomic mass is 32.1. The molecule has 1 aromatic heterocycles. The first-order chi connectivity index (χ1) is 9.38. The standard InChI is InChI=1S/C14H17NO4S/c1-4-14(5-2)6-9(16)15(13(14)19)10-8(3)7-20-11(10)12(17)18/h7H,4-6H2,1-3H3,(H,17,18). The van der Waals surface area contributed by atoms with E-state index in [1.807, 2.05) is 13.8 Å². The zero-order valence-electron chi connectivity index (χ0n) is 11.7. The van der Waals surface area contributed by atoms with Crippen LogP contribution in [-0.4, -0.2) is 22.9 Å². The second-order valence-electron chi connectivity index (χ2n) is 5.10. The van der Waals surface area contributed by atoms with Gasteiger partial charge < -0.3 is 5.11 Å². The Balaban J connectivity index is 2.54. The zero-order chi connectivity index (χ0) is 15.1. The average molecular weight is 295 g/mol. The van der Waals surface area contributed by atoms with E-state index in [4.69, 9.17) is 0 Å². The third-order valence-electron chi connectivity index (χ3n) is 4.11. The van der Waals surface area contributed by atoms with E-state index in [1.54, 1.807) is 12.3 Å². The molecule has 1 aliphatic rings. The fourth-order valence-corrected chi connectivity index (χ4v) is 3.56.